The van der Waals surface area contributed by atoms with Crippen molar-refractivity contribution in [3.05, 3.63) is 64.6 Å². The van der Waals surface area contributed by atoms with Gasteiger partial charge in [0.2, 0.25) is 11.6 Å². The minimum absolute atomic E-state index is 0.0706. The normalized spacial score (nSPS) is 14.2. The first-order chi connectivity index (χ1) is 11.0. The van der Waals surface area contributed by atoms with E-state index in [0.717, 1.165) is 0 Å². The van der Waals surface area contributed by atoms with Gasteiger partial charge in [-0.15, -0.1) is 0 Å². The van der Waals surface area contributed by atoms with Gasteiger partial charge in [-0.05, 0) is 6.07 Å². The third-order valence-corrected chi connectivity index (χ3v) is 4.70. The molecule has 2 aromatic rings. The number of aromatic nitrogens is 1. The number of pyridine rings is 1. The van der Waals surface area contributed by atoms with Crippen LogP contribution in [0.25, 0.3) is 16.2 Å². The zero-order valence-corrected chi connectivity index (χ0v) is 12.6. The summed E-state index contributed by atoms with van der Waals surface area (Å²) in [5, 5.41) is 10.6. The molecule has 0 spiro atoms. The molecule has 0 unspecified atom stereocenters. The lowest BCUT2D eigenvalue weighted by Crippen LogP contribution is -2.38. The number of hydrogen-bond donors (Lipinski definition) is 1. The topological polar surface area (TPSA) is 113 Å². The van der Waals surface area contributed by atoms with E-state index in [-0.39, 0.29) is 33.9 Å². The molecule has 1 aliphatic rings. The summed E-state index contributed by atoms with van der Waals surface area (Å²) in [5.41, 5.74) is 8.86. The van der Waals surface area contributed by atoms with Crippen LogP contribution in [-0.4, -0.2) is 29.0 Å². The Balaban J connectivity index is 2.24. The first-order valence-electron chi connectivity index (χ1n) is 6.61. The van der Waals surface area contributed by atoms with E-state index in [9.17, 15) is 13.5 Å². The van der Waals surface area contributed by atoms with Crippen LogP contribution in [0.1, 0.15) is 6.42 Å². The highest BCUT2D eigenvalue weighted by Crippen LogP contribution is 2.20. The van der Waals surface area contributed by atoms with Gasteiger partial charge in [-0.2, -0.15) is 13.2 Å². The second-order valence-electron chi connectivity index (χ2n) is 4.75. The summed E-state index contributed by atoms with van der Waals surface area (Å²) in [5.74, 6) is -0.335. The third-order valence-electron chi connectivity index (χ3n) is 3.34. The minimum atomic E-state index is -4.18. The van der Waals surface area contributed by atoms with Gasteiger partial charge in [-0.3, -0.25) is 0 Å². The van der Waals surface area contributed by atoms with Gasteiger partial charge in [-0.1, -0.05) is 30.3 Å². The van der Waals surface area contributed by atoms with Crippen LogP contribution in [0.15, 0.2) is 48.7 Å². The molecule has 8 heteroatoms. The van der Waals surface area contributed by atoms with Crippen LogP contribution < -0.4 is 14.6 Å². The maximum absolute atomic E-state index is 12.6. The maximum atomic E-state index is 12.6. The number of fused-ring (bicyclic) bond motifs is 1. The molecule has 1 aromatic carbocycles. The van der Waals surface area contributed by atoms with Gasteiger partial charge >= 0.3 is 15.8 Å². The fourth-order valence-electron chi connectivity index (χ4n) is 2.28. The number of nitrogens with zero attached hydrogens (tertiary/aromatic N) is 3. The molecular formula is C15H11N3O4S. The monoisotopic (exact) mass is 329 g/mol. The fourth-order valence-corrected chi connectivity index (χ4v) is 3.47. The van der Waals surface area contributed by atoms with Gasteiger partial charge in [0, 0.05) is 22.7 Å². The predicted molar refractivity (Wildman–Crippen MR) is 82.2 cm³/mol. The van der Waals surface area contributed by atoms with E-state index in [1.165, 1.54) is 18.3 Å². The van der Waals surface area contributed by atoms with Crippen molar-refractivity contribution in [2.45, 2.75) is 6.42 Å². The van der Waals surface area contributed by atoms with E-state index >= 15 is 0 Å². The number of aliphatic hydroxyl groups excluding tert-OH is 1. The highest BCUT2D eigenvalue weighted by molar-refractivity contribution is 7.96. The molecule has 0 radical (unpaired) electrons. The average molecular weight is 329 g/mol. The largest absolute Gasteiger partial charge is 0.501 e. The lowest BCUT2D eigenvalue weighted by molar-refractivity contribution is -0.00641. The van der Waals surface area contributed by atoms with Crippen molar-refractivity contribution in [2.24, 2.45) is 0 Å². The van der Waals surface area contributed by atoms with E-state index in [1.54, 1.807) is 30.3 Å². The first-order valence-corrected chi connectivity index (χ1v) is 8.02. The molecule has 0 atom stereocenters. The molecule has 0 fully saturated rings. The summed E-state index contributed by atoms with van der Waals surface area (Å²) in [6.45, 7) is 0. The summed E-state index contributed by atoms with van der Waals surface area (Å²) in [6, 6.07) is 11.0. The highest BCUT2D eigenvalue weighted by Gasteiger charge is 2.32. The summed E-state index contributed by atoms with van der Waals surface area (Å²) < 4.78 is 30.1. The van der Waals surface area contributed by atoms with Crippen molar-refractivity contribution in [3.63, 3.8) is 0 Å². The number of benzene rings is 1. The zero-order valence-electron chi connectivity index (χ0n) is 11.7. The molecule has 1 N–H and O–H groups in total. The number of rotatable bonds is 3. The number of hydrogen-bond acceptors (Lipinski definition) is 5. The Kier molecular flexibility index (Phi) is 3.69. The van der Waals surface area contributed by atoms with Crippen molar-refractivity contribution in [1.29, 1.82) is 0 Å². The Morgan fingerprint density at radius 1 is 1.13 bits per heavy atom. The smallest absolute Gasteiger partial charge is 0.339 e. The second-order valence-corrected chi connectivity index (χ2v) is 6.31. The van der Waals surface area contributed by atoms with Crippen molar-refractivity contribution >= 4 is 26.5 Å². The second kappa shape index (κ2) is 5.68. The molecule has 0 amide bonds. The van der Waals surface area contributed by atoms with E-state index in [4.69, 9.17) is 9.71 Å². The Morgan fingerprint density at radius 3 is 2.48 bits per heavy atom. The van der Waals surface area contributed by atoms with Gasteiger partial charge in [0.05, 0.1) is 6.42 Å². The third kappa shape index (κ3) is 2.73. The highest BCUT2D eigenvalue weighted by atomic mass is 32.2. The van der Waals surface area contributed by atoms with E-state index in [0.29, 0.717) is 5.22 Å². The maximum Gasteiger partial charge on any atom is 0.339 e. The van der Waals surface area contributed by atoms with Crippen molar-refractivity contribution < 1.29 is 22.5 Å². The van der Waals surface area contributed by atoms with E-state index < -0.39 is 10.1 Å². The van der Waals surface area contributed by atoms with E-state index in [1.807, 2.05) is 0 Å². The standard InChI is InChI=1S/C15H11N3O4S/c16-18-12-9-13(10-5-1-2-6-11(10)15(12)19)23(20,21)22-14-7-3-4-8-17-14/h1-8,19H,9H2. The van der Waals surface area contributed by atoms with Gasteiger partial charge < -0.3 is 14.8 Å². The molecular weight excluding hydrogens is 318 g/mol. The predicted octanol–water partition coefficient (Wildman–Crippen LogP) is 0.339. The molecule has 1 aromatic heterocycles. The molecule has 7 nitrogen and oxygen atoms in total. The molecule has 23 heavy (non-hydrogen) atoms. The van der Waals surface area contributed by atoms with E-state index in [2.05, 4.69) is 9.77 Å². The summed E-state index contributed by atoms with van der Waals surface area (Å²) in [6.07, 6.45) is 1.12. The average Bonchev–Trinajstić information content (AvgIpc) is 2.56. The summed E-state index contributed by atoms with van der Waals surface area (Å²) in [7, 11) is -4.18. The van der Waals surface area contributed by atoms with Gasteiger partial charge in [-0.25, -0.2) is 4.98 Å². The van der Waals surface area contributed by atoms with Gasteiger partial charge in [0.1, 0.15) is 4.91 Å². The Hall–Kier alpha value is -2.96. The summed E-state index contributed by atoms with van der Waals surface area (Å²) >= 11 is 0. The molecule has 116 valence electrons. The van der Waals surface area contributed by atoms with Crippen LogP contribution in [0.2, 0.25) is 0 Å². The number of aliphatic hydroxyl groups is 1. The first kappa shape index (κ1) is 15.0. The molecule has 0 bridgehead atoms. The quantitative estimate of drug-likeness (QED) is 0.495. The molecule has 0 aliphatic heterocycles. The van der Waals surface area contributed by atoms with Crippen molar-refractivity contribution in [2.75, 3.05) is 0 Å². The lowest BCUT2D eigenvalue weighted by Gasteiger charge is -2.11. The molecule has 3 rings (SSSR count). The van der Waals surface area contributed by atoms with Crippen LogP contribution >= 0.6 is 0 Å². The van der Waals surface area contributed by atoms with Crippen molar-refractivity contribution in [1.82, 2.24) is 4.98 Å². The van der Waals surface area contributed by atoms with Crippen LogP contribution in [0.5, 0.6) is 5.88 Å². The zero-order chi connectivity index (χ0) is 16.4. The fraction of sp³-hybridized carbons (Fsp3) is 0.0667. The van der Waals surface area contributed by atoms with Gasteiger partial charge in [0.25, 0.3) is 0 Å². The SMILES string of the molecule is [N-]=[N+]=C1CC(S(=O)(=O)Oc2ccccn2)=c2ccccc2=C1O. The Morgan fingerprint density at radius 2 is 1.83 bits per heavy atom. The van der Waals surface area contributed by atoms with Crippen LogP contribution in [-0.2, 0) is 10.1 Å². The van der Waals surface area contributed by atoms with Crippen molar-refractivity contribution in [3.8, 4) is 5.88 Å². The Bertz CT molecular complexity index is 1040. The molecule has 1 aliphatic carbocycles. The van der Waals surface area contributed by atoms with Crippen LogP contribution in [0, 0.1) is 0 Å². The lowest BCUT2D eigenvalue weighted by atomic mass is 10.0. The molecule has 1 heterocycles. The van der Waals surface area contributed by atoms with Crippen LogP contribution in [0.3, 0.4) is 0 Å². The molecule has 0 saturated carbocycles. The minimum Gasteiger partial charge on any atom is -0.501 e. The van der Waals surface area contributed by atoms with Crippen LogP contribution in [0.4, 0.5) is 0 Å². The van der Waals surface area contributed by atoms with Gasteiger partial charge in [0.15, 0.2) is 0 Å². The molecule has 0 saturated heterocycles. The Labute approximate surface area is 131 Å². The summed E-state index contributed by atoms with van der Waals surface area (Å²) in [4.78, 5) is 6.68.